The SMILES string of the molecule is C=CCC(C)(C)C.CC1(C)CCC(C)(C)c2cc(-c3csc(N4CCC(NCCCCCCN)CC4)n3)ccc21. The molecule has 0 radical (unpaired) electrons. The Morgan fingerprint density at radius 2 is 1.68 bits per heavy atom. The normalized spacial score (nSPS) is 18.6. The number of fused-ring (bicyclic) bond motifs is 1. The summed E-state index contributed by atoms with van der Waals surface area (Å²) in [5.41, 5.74) is 11.9. The van der Waals surface area contributed by atoms with E-state index in [1.165, 1.54) is 66.8 Å². The lowest BCUT2D eigenvalue weighted by atomic mass is 9.63. The van der Waals surface area contributed by atoms with Gasteiger partial charge in [0.1, 0.15) is 0 Å². The van der Waals surface area contributed by atoms with Gasteiger partial charge < -0.3 is 16.0 Å². The Labute approximate surface area is 250 Å². The van der Waals surface area contributed by atoms with Gasteiger partial charge in [0.15, 0.2) is 5.13 Å². The van der Waals surface area contributed by atoms with Gasteiger partial charge in [0, 0.05) is 30.1 Å². The molecule has 0 amide bonds. The standard InChI is InChI=1S/C28H44N4S.C7H14/c1-27(2)13-14-28(3,4)24-19-21(9-10-23(24)27)25-20-33-26(31-25)32-17-11-22(12-18-32)30-16-8-6-5-7-15-29;1-5-6-7(2,3)4/h9-10,19-20,22,30H,5-8,11-18,29H2,1-4H3;5H,1,6H2,2-4H3. The number of unbranched alkanes of at least 4 members (excludes halogenated alkanes) is 3. The molecular formula is C35H58N4S. The average molecular weight is 567 g/mol. The molecule has 2 heterocycles. The lowest BCUT2D eigenvalue weighted by Crippen LogP contribution is -2.42. The summed E-state index contributed by atoms with van der Waals surface area (Å²) in [6.45, 7) is 24.0. The van der Waals surface area contributed by atoms with Crippen molar-refractivity contribution in [2.45, 2.75) is 123 Å². The van der Waals surface area contributed by atoms with Gasteiger partial charge in [-0.05, 0) is 91.5 Å². The van der Waals surface area contributed by atoms with E-state index in [2.05, 4.69) is 88.8 Å². The van der Waals surface area contributed by atoms with Crippen molar-refractivity contribution in [3.8, 4) is 11.3 Å². The van der Waals surface area contributed by atoms with Crippen LogP contribution in [-0.4, -0.2) is 37.2 Å². The second kappa shape index (κ2) is 14.5. The lowest BCUT2D eigenvalue weighted by Gasteiger charge is -2.42. The number of allylic oxidation sites excluding steroid dienone is 1. The van der Waals surface area contributed by atoms with E-state index in [-0.39, 0.29) is 10.8 Å². The quantitative estimate of drug-likeness (QED) is 0.223. The fourth-order valence-electron chi connectivity index (χ4n) is 5.93. The molecular weight excluding hydrogens is 508 g/mol. The van der Waals surface area contributed by atoms with Crippen LogP contribution in [0.1, 0.15) is 117 Å². The van der Waals surface area contributed by atoms with Crippen molar-refractivity contribution >= 4 is 16.5 Å². The molecule has 1 aliphatic carbocycles. The number of nitrogens with two attached hydrogens (primary N) is 1. The maximum Gasteiger partial charge on any atom is 0.185 e. The third-order valence-electron chi connectivity index (χ3n) is 8.73. The molecule has 0 saturated carbocycles. The van der Waals surface area contributed by atoms with E-state index in [9.17, 15) is 0 Å². The summed E-state index contributed by atoms with van der Waals surface area (Å²) < 4.78 is 0. The minimum Gasteiger partial charge on any atom is -0.348 e. The molecule has 40 heavy (non-hydrogen) atoms. The second-order valence-corrected chi connectivity index (χ2v) is 15.4. The highest BCUT2D eigenvalue weighted by Crippen LogP contribution is 2.47. The van der Waals surface area contributed by atoms with Crippen molar-refractivity contribution in [3.63, 3.8) is 0 Å². The maximum absolute atomic E-state index is 5.58. The minimum atomic E-state index is 0.235. The molecule has 1 aliphatic heterocycles. The number of hydrogen-bond donors (Lipinski definition) is 2. The van der Waals surface area contributed by atoms with Crippen LogP contribution in [0.5, 0.6) is 0 Å². The monoisotopic (exact) mass is 566 g/mol. The van der Waals surface area contributed by atoms with E-state index in [1.807, 2.05) is 6.08 Å². The number of thiazole rings is 1. The van der Waals surface area contributed by atoms with Gasteiger partial charge in [0.25, 0.3) is 0 Å². The Kier molecular flexibility index (Phi) is 11.9. The Bertz CT molecular complexity index is 1050. The molecule has 4 nitrogen and oxygen atoms in total. The molecule has 4 rings (SSSR count). The van der Waals surface area contributed by atoms with Crippen LogP contribution in [0.4, 0.5) is 5.13 Å². The molecule has 1 saturated heterocycles. The average Bonchev–Trinajstić information content (AvgIpc) is 3.39. The van der Waals surface area contributed by atoms with Gasteiger partial charge in [0.05, 0.1) is 5.69 Å². The van der Waals surface area contributed by atoms with E-state index in [0.29, 0.717) is 11.5 Å². The minimum absolute atomic E-state index is 0.235. The highest BCUT2D eigenvalue weighted by molar-refractivity contribution is 7.14. The second-order valence-electron chi connectivity index (χ2n) is 14.5. The van der Waals surface area contributed by atoms with Gasteiger partial charge in [-0.1, -0.05) is 79.5 Å². The van der Waals surface area contributed by atoms with Gasteiger partial charge in [-0.2, -0.15) is 0 Å². The largest absolute Gasteiger partial charge is 0.348 e. The number of anilines is 1. The van der Waals surface area contributed by atoms with E-state index in [1.54, 1.807) is 11.3 Å². The fourth-order valence-corrected chi connectivity index (χ4v) is 6.82. The van der Waals surface area contributed by atoms with Crippen LogP contribution in [-0.2, 0) is 10.8 Å². The first-order valence-corrected chi connectivity index (χ1v) is 16.6. The van der Waals surface area contributed by atoms with Crippen LogP contribution in [0.2, 0.25) is 0 Å². The van der Waals surface area contributed by atoms with Crippen molar-refractivity contribution in [2.24, 2.45) is 11.1 Å². The number of aromatic nitrogens is 1. The smallest absolute Gasteiger partial charge is 0.185 e. The van der Waals surface area contributed by atoms with Crippen LogP contribution in [0.15, 0.2) is 36.2 Å². The van der Waals surface area contributed by atoms with E-state index in [0.717, 1.165) is 44.7 Å². The van der Waals surface area contributed by atoms with Crippen molar-refractivity contribution in [3.05, 3.63) is 47.4 Å². The van der Waals surface area contributed by atoms with E-state index < -0.39 is 0 Å². The first-order valence-electron chi connectivity index (χ1n) is 15.8. The number of nitrogens with one attached hydrogen (secondary N) is 1. The zero-order valence-corrected chi connectivity index (χ0v) is 27.6. The number of nitrogens with zero attached hydrogens (tertiary/aromatic N) is 2. The third kappa shape index (κ3) is 9.42. The fraction of sp³-hybridized carbons (Fsp3) is 0.686. The van der Waals surface area contributed by atoms with Gasteiger partial charge in [-0.25, -0.2) is 4.98 Å². The first-order chi connectivity index (χ1) is 18.9. The van der Waals surface area contributed by atoms with Crippen molar-refractivity contribution in [1.29, 1.82) is 0 Å². The Balaban J connectivity index is 0.000000559. The Morgan fingerprint density at radius 1 is 1.02 bits per heavy atom. The topological polar surface area (TPSA) is 54.2 Å². The number of hydrogen-bond acceptors (Lipinski definition) is 5. The van der Waals surface area contributed by atoms with Crippen LogP contribution in [0.3, 0.4) is 0 Å². The third-order valence-corrected chi connectivity index (χ3v) is 9.63. The summed E-state index contributed by atoms with van der Waals surface area (Å²) in [6, 6.07) is 7.75. The van der Waals surface area contributed by atoms with Gasteiger partial charge in [0.2, 0.25) is 0 Å². The molecule has 1 aromatic carbocycles. The highest BCUT2D eigenvalue weighted by Gasteiger charge is 2.37. The summed E-state index contributed by atoms with van der Waals surface area (Å²) in [4.78, 5) is 7.57. The van der Waals surface area contributed by atoms with Crippen molar-refractivity contribution in [1.82, 2.24) is 10.3 Å². The molecule has 1 fully saturated rings. The molecule has 2 aromatic rings. The highest BCUT2D eigenvalue weighted by atomic mass is 32.1. The summed E-state index contributed by atoms with van der Waals surface area (Å²) in [6.07, 6.45) is 13.0. The molecule has 1 aromatic heterocycles. The summed E-state index contributed by atoms with van der Waals surface area (Å²) in [5, 5.41) is 7.21. The molecule has 0 bridgehead atoms. The van der Waals surface area contributed by atoms with Crippen LogP contribution in [0, 0.1) is 5.41 Å². The van der Waals surface area contributed by atoms with Crippen LogP contribution < -0.4 is 16.0 Å². The summed E-state index contributed by atoms with van der Waals surface area (Å²) in [7, 11) is 0. The zero-order valence-electron chi connectivity index (χ0n) is 26.7. The lowest BCUT2D eigenvalue weighted by molar-refractivity contribution is 0.332. The Hall–Kier alpha value is -1.69. The molecule has 5 heteroatoms. The van der Waals surface area contributed by atoms with Crippen molar-refractivity contribution in [2.75, 3.05) is 31.1 Å². The van der Waals surface area contributed by atoms with E-state index >= 15 is 0 Å². The molecule has 0 atom stereocenters. The predicted molar refractivity (Wildman–Crippen MR) is 178 cm³/mol. The number of rotatable bonds is 10. The summed E-state index contributed by atoms with van der Waals surface area (Å²) >= 11 is 1.80. The van der Waals surface area contributed by atoms with Gasteiger partial charge in [-0.15, -0.1) is 17.9 Å². The molecule has 2 aliphatic rings. The van der Waals surface area contributed by atoms with Crippen LogP contribution in [0.25, 0.3) is 11.3 Å². The first kappa shape index (κ1) is 32.8. The van der Waals surface area contributed by atoms with Crippen molar-refractivity contribution < 1.29 is 0 Å². The Morgan fingerprint density at radius 3 is 2.27 bits per heavy atom. The van der Waals surface area contributed by atoms with Crippen LogP contribution >= 0.6 is 11.3 Å². The number of piperidine rings is 1. The van der Waals surface area contributed by atoms with Gasteiger partial charge in [-0.3, -0.25) is 0 Å². The molecule has 224 valence electrons. The zero-order chi connectivity index (χ0) is 29.4. The predicted octanol–water partition coefficient (Wildman–Crippen LogP) is 8.85. The summed E-state index contributed by atoms with van der Waals surface area (Å²) in [5.74, 6) is 0. The van der Waals surface area contributed by atoms with Gasteiger partial charge >= 0.3 is 0 Å². The maximum atomic E-state index is 5.58. The molecule has 0 unspecified atom stereocenters. The molecule has 3 N–H and O–H groups in total. The van der Waals surface area contributed by atoms with E-state index in [4.69, 9.17) is 10.7 Å². The molecule has 0 spiro atoms. The number of benzene rings is 1.